The van der Waals surface area contributed by atoms with Gasteiger partial charge < -0.3 is 20.0 Å². The van der Waals surface area contributed by atoms with Crippen LogP contribution in [0.4, 0.5) is 0 Å². The molecule has 0 aromatic carbocycles. The summed E-state index contributed by atoms with van der Waals surface area (Å²) in [6.45, 7) is 10.6. The molecule has 0 spiro atoms. The second-order valence-corrected chi connectivity index (χ2v) is 20.3. The van der Waals surface area contributed by atoms with E-state index >= 15 is 0 Å². The highest BCUT2D eigenvalue weighted by Crippen LogP contribution is 2.19. The number of quaternary nitrogens is 2. The van der Waals surface area contributed by atoms with Gasteiger partial charge in [0.1, 0.15) is 0 Å². The van der Waals surface area contributed by atoms with Gasteiger partial charge in [-0.05, 0) is 25.7 Å². The summed E-state index contributed by atoms with van der Waals surface area (Å²) in [7, 11) is 10.5. The predicted molar refractivity (Wildman–Crippen MR) is 248 cm³/mol. The molecule has 1 unspecified atom stereocenters. The lowest BCUT2D eigenvalue weighted by atomic mass is 10.0. The quantitative estimate of drug-likeness (QED) is 0.0326. The standard InChI is InChI=1S/C47H96N4O2S2/c1-6-8-10-12-14-16-18-20-22-24-26-28-30-32-40-50(3)41-34-36-46(52)48-38-44-54-55-45-39-49-47(53)37-35-43-51(4,5)42-33-31-29-27-25-23-21-19-17-15-13-11-9-7-2/h6-45H2,1-5H3,(H-,48,49,52,53)/p+2. The SMILES string of the molecule is CCCCCCCCCCCCCCCC[NH+](C)CCCC(=O)NCCSSCCNC(=O)CCC[N+](C)(C)CCCCCCCCCCCCCCCC. The van der Waals surface area contributed by atoms with Crippen LogP contribution in [0, 0.1) is 0 Å². The second kappa shape index (κ2) is 43.1. The minimum absolute atomic E-state index is 0.182. The molecule has 8 heteroatoms. The monoisotopic (exact) mass is 815 g/mol. The lowest BCUT2D eigenvalue weighted by molar-refractivity contribution is -0.890. The summed E-state index contributed by atoms with van der Waals surface area (Å²) in [5, 5.41) is 6.18. The van der Waals surface area contributed by atoms with Crippen molar-refractivity contribution in [3.63, 3.8) is 0 Å². The minimum Gasteiger partial charge on any atom is -0.355 e. The fourth-order valence-corrected chi connectivity index (χ4v) is 9.38. The summed E-state index contributed by atoms with van der Waals surface area (Å²) < 4.78 is 1.02. The van der Waals surface area contributed by atoms with Crippen molar-refractivity contribution >= 4 is 33.4 Å². The first-order valence-corrected chi connectivity index (χ1v) is 26.7. The van der Waals surface area contributed by atoms with E-state index in [-0.39, 0.29) is 11.8 Å². The molecule has 328 valence electrons. The summed E-state index contributed by atoms with van der Waals surface area (Å²) >= 11 is 0. The molecule has 2 amide bonds. The van der Waals surface area contributed by atoms with Gasteiger partial charge in [0.25, 0.3) is 0 Å². The van der Waals surface area contributed by atoms with Crippen LogP contribution in [0.15, 0.2) is 0 Å². The molecule has 0 radical (unpaired) electrons. The maximum absolute atomic E-state index is 12.3. The zero-order valence-corrected chi connectivity index (χ0v) is 39.5. The summed E-state index contributed by atoms with van der Waals surface area (Å²) in [5.41, 5.74) is 0. The van der Waals surface area contributed by atoms with E-state index in [4.69, 9.17) is 0 Å². The molecule has 0 fully saturated rings. The fourth-order valence-electron chi connectivity index (χ4n) is 7.57. The topological polar surface area (TPSA) is 62.6 Å². The van der Waals surface area contributed by atoms with Gasteiger partial charge in [-0.15, -0.1) is 0 Å². The number of carbonyl (C=O) groups excluding carboxylic acids is 2. The number of unbranched alkanes of at least 4 members (excludes halogenated alkanes) is 26. The van der Waals surface area contributed by atoms with Crippen LogP contribution < -0.4 is 15.5 Å². The molecule has 0 saturated heterocycles. The van der Waals surface area contributed by atoms with E-state index in [0.29, 0.717) is 12.8 Å². The predicted octanol–water partition coefficient (Wildman–Crippen LogP) is 11.7. The molecule has 3 N–H and O–H groups in total. The van der Waals surface area contributed by atoms with Crippen molar-refractivity contribution < 1.29 is 19.0 Å². The first-order valence-electron chi connectivity index (χ1n) is 24.2. The van der Waals surface area contributed by atoms with Crippen molar-refractivity contribution in [1.82, 2.24) is 10.6 Å². The van der Waals surface area contributed by atoms with E-state index < -0.39 is 0 Å². The Hall–Kier alpha value is -0.440. The third-order valence-corrected chi connectivity index (χ3v) is 13.8. The minimum atomic E-state index is 0.182. The molecular weight excluding hydrogens is 717 g/mol. The number of nitrogens with zero attached hydrogens (tertiary/aromatic N) is 1. The third kappa shape index (κ3) is 44.5. The number of carbonyl (C=O) groups is 2. The van der Waals surface area contributed by atoms with Crippen molar-refractivity contribution in [3.8, 4) is 0 Å². The average Bonchev–Trinajstić information content (AvgIpc) is 3.16. The van der Waals surface area contributed by atoms with Crippen LogP contribution in [-0.4, -0.2) is 88.2 Å². The van der Waals surface area contributed by atoms with Crippen LogP contribution in [0.1, 0.15) is 219 Å². The van der Waals surface area contributed by atoms with E-state index in [0.717, 1.165) is 55.0 Å². The Balaban J connectivity index is 3.47. The van der Waals surface area contributed by atoms with Gasteiger partial charge in [0.05, 0.1) is 47.3 Å². The molecule has 0 aliphatic rings. The Kier molecular flexibility index (Phi) is 42.8. The van der Waals surface area contributed by atoms with E-state index in [9.17, 15) is 9.59 Å². The van der Waals surface area contributed by atoms with E-state index in [2.05, 4.69) is 45.6 Å². The summed E-state index contributed by atoms with van der Waals surface area (Å²) in [5.74, 6) is 2.17. The first-order chi connectivity index (χ1) is 26.8. The van der Waals surface area contributed by atoms with Crippen molar-refractivity contribution in [2.45, 2.75) is 219 Å². The van der Waals surface area contributed by atoms with Crippen molar-refractivity contribution in [2.75, 3.05) is 71.9 Å². The highest BCUT2D eigenvalue weighted by molar-refractivity contribution is 8.76. The van der Waals surface area contributed by atoms with Crippen LogP contribution in [0.2, 0.25) is 0 Å². The van der Waals surface area contributed by atoms with Gasteiger partial charge in [0.15, 0.2) is 0 Å². The van der Waals surface area contributed by atoms with Crippen LogP contribution in [0.5, 0.6) is 0 Å². The molecule has 0 saturated carbocycles. The zero-order valence-electron chi connectivity index (χ0n) is 37.9. The Morgan fingerprint density at radius 2 is 0.745 bits per heavy atom. The fraction of sp³-hybridized carbons (Fsp3) is 0.957. The Labute approximate surface area is 352 Å². The highest BCUT2D eigenvalue weighted by atomic mass is 33.1. The molecule has 1 atom stereocenters. The first kappa shape index (κ1) is 54.6. The van der Waals surface area contributed by atoms with Gasteiger partial charge >= 0.3 is 0 Å². The van der Waals surface area contributed by atoms with E-state index in [1.54, 1.807) is 26.5 Å². The van der Waals surface area contributed by atoms with Crippen LogP contribution in [-0.2, 0) is 9.59 Å². The van der Waals surface area contributed by atoms with Crippen molar-refractivity contribution in [2.24, 2.45) is 0 Å². The molecule has 6 nitrogen and oxygen atoms in total. The van der Waals surface area contributed by atoms with Crippen molar-refractivity contribution in [3.05, 3.63) is 0 Å². The van der Waals surface area contributed by atoms with E-state index in [1.807, 2.05) is 0 Å². The maximum atomic E-state index is 12.3. The molecule has 0 aliphatic heterocycles. The van der Waals surface area contributed by atoms with Gasteiger partial charge in [-0.3, -0.25) is 9.59 Å². The molecule has 0 aromatic heterocycles. The Bertz CT molecular complexity index is 816. The summed E-state index contributed by atoms with van der Waals surface area (Å²) in [6, 6.07) is 0. The largest absolute Gasteiger partial charge is 0.355 e. The number of nitrogens with one attached hydrogen (secondary N) is 3. The van der Waals surface area contributed by atoms with Crippen molar-refractivity contribution in [1.29, 1.82) is 0 Å². The van der Waals surface area contributed by atoms with Crippen LogP contribution >= 0.6 is 21.6 Å². The number of rotatable bonds is 45. The third-order valence-electron chi connectivity index (χ3n) is 11.3. The molecule has 0 bridgehead atoms. The maximum Gasteiger partial charge on any atom is 0.220 e. The molecule has 0 aliphatic carbocycles. The Morgan fingerprint density at radius 1 is 0.436 bits per heavy atom. The van der Waals surface area contributed by atoms with Gasteiger partial charge in [-0.2, -0.15) is 0 Å². The van der Waals surface area contributed by atoms with Crippen LogP contribution in [0.25, 0.3) is 0 Å². The number of amides is 2. The molecular formula is C47H98N4O2S2+2. The number of hydrogen-bond donors (Lipinski definition) is 3. The second-order valence-electron chi connectivity index (χ2n) is 17.6. The molecule has 55 heavy (non-hydrogen) atoms. The normalized spacial score (nSPS) is 12.3. The molecule has 0 aromatic rings. The van der Waals surface area contributed by atoms with Crippen LogP contribution in [0.3, 0.4) is 0 Å². The number of hydrogen-bond acceptors (Lipinski definition) is 4. The zero-order chi connectivity index (χ0) is 40.3. The molecule has 0 heterocycles. The lowest BCUT2D eigenvalue weighted by Gasteiger charge is -2.29. The average molecular weight is 815 g/mol. The lowest BCUT2D eigenvalue weighted by Crippen LogP contribution is -3.09. The van der Waals surface area contributed by atoms with Gasteiger partial charge in [-0.1, -0.05) is 190 Å². The smallest absolute Gasteiger partial charge is 0.220 e. The Morgan fingerprint density at radius 3 is 1.15 bits per heavy atom. The summed E-state index contributed by atoms with van der Waals surface area (Å²) in [4.78, 5) is 26.2. The van der Waals surface area contributed by atoms with Gasteiger partial charge in [0, 0.05) is 50.3 Å². The van der Waals surface area contributed by atoms with E-state index in [1.165, 1.54) is 193 Å². The van der Waals surface area contributed by atoms with Gasteiger partial charge in [-0.25, -0.2) is 0 Å². The van der Waals surface area contributed by atoms with Gasteiger partial charge in [0.2, 0.25) is 11.8 Å². The summed E-state index contributed by atoms with van der Waals surface area (Å²) in [6.07, 6.45) is 42.6. The molecule has 0 rings (SSSR count). The highest BCUT2D eigenvalue weighted by Gasteiger charge is 2.15.